The number of rotatable bonds is 2. The summed E-state index contributed by atoms with van der Waals surface area (Å²) >= 11 is 0. The number of aromatic nitrogens is 4. The van der Waals surface area contributed by atoms with Crippen LogP contribution in [0.15, 0.2) is 30.5 Å². The van der Waals surface area contributed by atoms with Gasteiger partial charge in [-0.25, -0.2) is 0 Å². The predicted octanol–water partition coefficient (Wildman–Crippen LogP) is 1.15. The lowest BCUT2D eigenvalue weighted by atomic mass is 10.1. The van der Waals surface area contributed by atoms with Crippen LogP contribution in [0.2, 0.25) is 0 Å². The molecule has 5 N–H and O–H groups in total. The summed E-state index contributed by atoms with van der Waals surface area (Å²) in [7, 11) is 0. The second-order valence-corrected chi connectivity index (χ2v) is 5.92. The average Bonchev–Trinajstić information content (AvgIpc) is 3.24. The third kappa shape index (κ3) is 2.32. The van der Waals surface area contributed by atoms with Crippen LogP contribution in [0.25, 0.3) is 10.9 Å². The minimum Gasteiger partial charge on any atom is -0.396 e. The largest absolute Gasteiger partial charge is 0.396 e. The van der Waals surface area contributed by atoms with Crippen LogP contribution in [0.5, 0.6) is 0 Å². The quantitative estimate of drug-likeness (QED) is 0.607. The zero-order valence-corrected chi connectivity index (χ0v) is 12.9. The number of nitrogens with one attached hydrogen (secondary N) is 1. The summed E-state index contributed by atoms with van der Waals surface area (Å²) in [6.07, 6.45) is 2.49. The van der Waals surface area contributed by atoms with Gasteiger partial charge in [0.05, 0.1) is 16.8 Å². The van der Waals surface area contributed by atoms with Gasteiger partial charge < -0.3 is 16.4 Å². The van der Waals surface area contributed by atoms with E-state index in [0.29, 0.717) is 29.9 Å². The Morgan fingerprint density at radius 3 is 2.96 bits per heavy atom. The first kappa shape index (κ1) is 14.4. The fourth-order valence-electron chi connectivity index (χ4n) is 3.16. The molecule has 0 saturated carbocycles. The third-order valence-corrected chi connectivity index (χ3v) is 4.43. The number of nitrogen functional groups attached to an aromatic ring is 2. The van der Waals surface area contributed by atoms with Gasteiger partial charge >= 0.3 is 0 Å². The van der Waals surface area contributed by atoms with E-state index >= 15 is 0 Å². The molecular weight excluding hydrogens is 306 g/mol. The summed E-state index contributed by atoms with van der Waals surface area (Å²) in [6, 6.07) is 7.41. The molecular formula is C16H17N7O. The van der Waals surface area contributed by atoms with E-state index in [0.717, 1.165) is 17.6 Å². The number of hydrogen-bond donors (Lipinski definition) is 3. The molecule has 1 atom stereocenters. The number of likely N-dealkylation sites (tertiary alicyclic amines) is 1. The van der Waals surface area contributed by atoms with Gasteiger partial charge in [-0.1, -0.05) is 12.1 Å². The number of amides is 1. The minimum atomic E-state index is -0.0879. The highest BCUT2D eigenvalue weighted by atomic mass is 16.2. The van der Waals surface area contributed by atoms with Gasteiger partial charge in [0, 0.05) is 30.6 Å². The number of nitrogens with two attached hydrogens (primary N) is 2. The van der Waals surface area contributed by atoms with Crippen LogP contribution in [-0.2, 0) is 0 Å². The van der Waals surface area contributed by atoms with Crippen molar-refractivity contribution in [2.24, 2.45) is 0 Å². The van der Waals surface area contributed by atoms with Crippen LogP contribution < -0.4 is 11.5 Å². The van der Waals surface area contributed by atoms with Crippen LogP contribution in [0.3, 0.4) is 0 Å². The van der Waals surface area contributed by atoms with Gasteiger partial charge in [0.1, 0.15) is 5.82 Å². The third-order valence-electron chi connectivity index (χ3n) is 4.43. The highest BCUT2D eigenvalue weighted by Gasteiger charge is 2.31. The maximum Gasteiger partial charge on any atom is 0.256 e. The molecule has 8 nitrogen and oxygen atoms in total. The second-order valence-electron chi connectivity index (χ2n) is 5.92. The highest BCUT2D eigenvalue weighted by Crippen LogP contribution is 2.29. The monoisotopic (exact) mass is 323 g/mol. The van der Waals surface area contributed by atoms with E-state index in [1.165, 1.54) is 0 Å². The van der Waals surface area contributed by atoms with Crippen LogP contribution in [0.4, 0.5) is 11.6 Å². The van der Waals surface area contributed by atoms with Gasteiger partial charge in [0.25, 0.3) is 5.91 Å². The Bertz CT molecular complexity index is 920. The van der Waals surface area contributed by atoms with E-state index < -0.39 is 0 Å². The summed E-state index contributed by atoms with van der Waals surface area (Å²) in [5, 5.41) is 7.59. The summed E-state index contributed by atoms with van der Waals surface area (Å²) in [5.74, 6) is 0.962. The molecule has 8 heteroatoms. The number of carbonyl (C=O) groups is 1. The van der Waals surface area contributed by atoms with Crippen molar-refractivity contribution in [2.45, 2.75) is 12.3 Å². The van der Waals surface area contributed by atoms with E-state index in [-0.39, 0.29) is 17.8 Å². The average molecular weight is 323 g/mol. The van der Waals surface area contributed by atoms with Crippen molar-refractivity contribution >= 4 is 28.4 Å². The molecule has 1 aromatic carbocycles. The topological polar surface area (TPSA) is 127 Å². The maximum absolute atomic E-state index is 12.8. The Kier molecular flexibility index (Phi) is 3.30. The number of fused-ring (bicyclic) bond motifs is 1. The van der Waals surface area contributed by atoms with Crippen molar-refractivity contribution in [3.8, 4) is 0 Å². The Morgan fingerprint density at radius 1 is 1.29 bits per heavy atom. The molecule has 3 heterocycles. The number of pyridine rings is 1. The zero-order chi connectivity index (χ0) is 16.7. The first-order valence-electron chi connectivity index (χ1n) is 7.73. The molecule has 0 spiro atoms. The predicted molar refractivity (Wildman–Crippen MR) is 90.2 cm³/mol. The molecule has 122 valence electrons. The normalized spacial score (nSPS) is 17.5. The molecule has 1 amide bonds. The van der Waals surface area contributed by atoms with Gasteiger partial charge in [-0.2, -0.15) is 4.98 Å². The zero-order valence-electron chi connectivity index (χ0n) is 12.9. The number of H-pyrrole nitrogens is 1. The van der Waals surface area contributed by atoms with Crippen molar-refractivity contribution in [3.05, 3.63) is 41.9 Å². The summed E-state index contributed by atoms with van der Waals surface area (Å²) < 4.78 is 0. The number of hydrogen-bond acceptors (Lipinski definition) is 6. The highest BCUT2D eigenvalue weighted by molar-refractivity contribution is 6.06. The Labute approximate surface area is 137 Å². The van der Waals surface area contributed by atoms with Crippen LogP contribution in [0.1, 0.15) is 28.5 Å². The van der Waals surface area contributed by atoms with Crippen LogP contribution >= 0.6 is 0 Å². The summed E-state index contributed by atoms with van der Waals surface area (Å²) in [6.45, 7) is 1.21. The number of benzene rings is 1. The van der Waals surface area contributed by atoms with E-state index in [1.807, 2.05) is 18.2 Å². The van der Waals surface area contributed by atoms with Gasteiger partial charge in [-0.05, 0) is 18.6 Å². The van der Waals surface area contributed by atoms with Crippen LogP contribution in [0, 0.1) is 0 Å². The van der Waals surface area contributed by atoms with Crippen LogP contribution in [-0.4, -0.2) is 44.1 Å². The van der Waals surface area contributed by atoms with E-state index in [1.54, 1.807) is 17.2 Å². The van der Waals surface area contributed by atoms with Gasteiger partial charge in [0.2, 0.25) is 5.95 Å². The van der Waals surface area contributed by atoms with Crippen molar-refractivity contribution in [1.82, 2.24) is 25.1 Å². The fourth-order valence-corrected chi connectivity index (χ4v) is 3.16. The Hall–Kier alpha value is -3.16. The van der Waals surface area contributed by atoms with Gasteiger partial charge in [-0.3, -0.25) is 14.9 Å². The van der Waals surface area contributed by atoms with Gasteiger partial charge in [0.15, 0.2) is 0 Å². The lowest BCUT2D eigenvalue weighted by Crippen LogP contribution is -2.29. The van der Waals surface area contributed by atoms with Crippen molar-refractivity contribution in [2.75, 3.05) is 24.6 Å². The van der Waals surface area contributed by atoms with E-state index in [9.17, 15) is 4.79 Å². The Morgan fingerprint density at radius 2 is 2.17 bits per heavy atom. The second kappa shape index (κ2) is 5.48. The molecule has 1 aliphatic heterocycles. The van der Waals surface area contributed by atoms with Crippen molar-refractivity contribution in [3.63, 3.8) is 0 Å². The molecule has 3 aromatic rings. The summed E-state index contributed by atoms with van der Waals surface area (Å²) in [4.78, 5) is 23.1. The molecule has 2 aromatic heterocycles. The van der Waals surface area contributed by atoms with Crippen molar-refractivity contribution < 1.29 is 4.79 Å². The molecule has 0 aliphatic carbocycles. The fraction of sp³-hybridized carbons (Fsp3) is 0.250. The maximum atomic E-state index is 12.8. The number of aromatic amines is 1. The standard InChI is InChI=1S/C16H17N7O/c17-12-11(4-3-9-2-1-6-19-13(9)12)15(24)23-7-5-10(8-23)14-20-16(18)22-21-14/h1-4,6,10H,5,7-8,17H2,(H3,18,20,21,22). The number of carbonyl (C=O) groups excluding carboxylic acids is 1. The molecule has 1 aliphatic rings. The van der Waals surface area contributed by atoms with E-state index in [2.05, 4.69) is 20.2 Å². The molecule has 4 rings (SSSR count). The lowest BCUT2D eigenvalue weighted by Gasteiger charge is -2.17. The SMILES string of the molecule is Nc1n[nH]c(C2CCN(C(=O)c3ccc4cccnc4c3N)C2)n1. The smallest absolute Gasteiger partial charge is 0.256 e. The molecule has 1 fully saturated rings. The minimum absolute atomic E-state index is 0.0879. The molecule has 1 unspecified atom stereocenters. The number of nitrogens with zero attached hydrogens (tertiary/aromatic N) is 4. The van der Waals surface area contributed by atoms with Gasteiger partial charge in [-0.15, -0.1) is 5.10 Å². The first-order chi connectivity index (χ1) is 11.6. The first-order valence-corrected chi connectivity index (χ1v) is 7.73. The lowest BCUT2D eigenvalue weighted by molar-refractivity contribution is 0.0791. The molecule has 0 bridgehead atoms. The molecule has 1 saturated heterocycles. The molecule has 24 heavy (non-hydrogen) atoms. The summed E-state index contributed by atoms with van der Waals surface area (Å²) in [5.41, 5.74) is 13.3. The number of anilines is 2. The Balaban J connectivity index is 1.59. The van der Waals surface area contributed by atoms with Crippen molar-refractivity contribution in [1.29, 1.82) is 0 Å². The van der Waals surface area contributed by atoms with E-state index in [4.69, 9.17) is 11.5 Å². The molecule has 0 radical (unpaired) electrons.